The van der Waals surface area contributed by atoms with E-state index < -0.39 is 0 Å². The van der Waals surface area contributed by atoms with Crippen molar-refractivity contribution < 1.29 is 4.74 Å². The predicted octanol–water partition coefficient (Wildman–Crippen LogP) is 2.99. The number of nitrogens with zero attached hydrogens (tertiary/aromatic N) is 2. The van der Waals surface area contributed by atoms with Crippen LogP contribution < -0.4 is 4.74 Å². The molecule has 0 aromatic carbocycles. The second-order valence-corrected chi connectivity index (χ2v) is 4.35. The fraction of sp³-hybridized carbons (Fsp3) is 0.250. The first-order valence-electron chi connectivity index (χ1n) is 5.32. The van der Waals surface area contributed by atoms with E-state index >= 15 is 0 Å². The van der Waals surface area contributed by atoms with Crippen molar-refractivity contribution in [3.05, 3.63) is 35.4 Å². The highest BCUT2D eigenvalue weighted by atomic mass is 32.1. The average molecular weight is 247 g/mol. The van der Waals surface area contributed by atoms with Crippen molar-refractivity contribution in [2.24, 2.45) is 0 Å². The van der Waals surface area contributed by atoms with Crippen molar-refractivity contribution in [1.82, 2.24) is 15.2 Å². The molecule has 0 amide bonds. The lowest BCUT2D eigenvalue weighted by atomic mass is 10.1. The number of aromatic nitrogens is 3. The molecule has 0 atom stereocenters. The first-order valence-corrected chi connectivity index (χ1v) is 5.73. The van der Waals surface area contributed by atoms with Crippen molar-refractivity contribution in [2.75, 3.05) is 0 Å². The molecule has 0 aliphatic carbocycles. The minimum atomic E-state index is 0.129. The first-order chi connectivity index (χ1) is 8.15. The molecule has 0 aliphatic heterocycles. The van der Waals surface area contributed by atoms with E-state index in [9.17, 15) is 0 Å². The van der Waals surface area contributed by atoms with Gasteiger partial charge in [0, 0.05) is 17.3 Å². The summed E-state index contributed by atoms with van der Waals surface area (Å²) in [5, 5.41) is 6.65. The molecule has 0 spiro atoms. The minimum Gasteiger partial charge on any atom is -0.489 e. The van der Waals surface area contributed by atoms with Gasteiger partial charge >= 0.3 is 0 Å². The first kappa shape index (κ1) is 11.7. The summed E-state index contributed by atoms with van der Waals surface area (Å²) in [5.74, 6) is 0.747. The number of ether oxygens (including phenoxy) is 1. The van der Waals surface area contributed by atoms with E-state index in [1.807, 2.05) is 26.0 Å². The van der Waals surface area contributed by atoms with Crippen LogP contribution in [0, 0.1) is 4.64 Å². The summed E-state index contributed by atoms with van der Waals surface area (Å²) in [5.41, 5.74) is 1.87. The molecule has 0 unspecified atom stereocenters. The van der Waals surface area contributed by atoms with E-state index in [1.54, 1.807) is 18.6 Å². The van der Waals surface area contributed by atoms with Gasteiger partial charge in [-0.05, 0) is 26.0 Å². The number of nitrogens with one attached hydrogen (secondary N) is 1. The molecule has 17 heavy (non-hydrogen) atoms. The van der Waals surface area contributed by atoms with E-state index in [2.05, 4.69) is 15.2 Å². The van der Waals surface area contributed by atoms with Crippen LogP contribution in [0.25, 0.3) is 11.1 Å². The highest BCUT2D eigenvalue weighted by molar-refractivity contribution is 7.71. The van der Waals surface area contributed by atoms with E-state index in [0.717, 1.165) is 16.9 Å². The van der Waals surface area contributed by atoms with Crippen LogP contribution in [0.15, 0.2) is 30.7 Å². The summed E-state index contributed by atoms with van der Waals surface area (Å²) in [7, 11) is 0. The normalized spacial score (nSPS) is 10.5. The quantitative estimate of drug-likeness (QED) is 0.847. The largest absolute Gasteiger partial charge is 0.489 e. The molecular formula is C12H13N3OS. The third-order valence-corrected chi connectivity index (χ3v) is 2.29. The van der Waals surface area contributed by atoms with Crippen molar-refractivity contribution in [3.8, 4) is 16.9 Å². The van der Waals surface area contributed by atoms with Crippen molar-refractivity contribution >= 4 is 12.2 Å². The van der Waals surface area contributed by atoms with Crippen LogP contribution in [-0.2, 0) is 0 Å². The Morgan fingerprint density at radius 2 is 1.94 bits per heavy atom. The highest BCUT2D eigenvalue weighted by Gasteiger charge is 2.03. The fourth-order valence-electron chi connectivity index (χ4n) is 1.45. The number of hydrogen-bond acceptors (Lipinski definition) is 4. The maximum atomic E-state index is 5.59. The van der Waals surface area contributed by atoms with E-state index in [1.165, 1.54) is 0 Å². The lowest BCUT2D eigenvalue weighted by Gasteiger charge is -2.10. The average Bonchev–Trinajstić information content (AvgIpc) is 2.28. The molecule has 88 valence electrons. The van der Waals surface area contributed by atoms with Gasteiger partial charge in [0.25, 0.3) is 0 Å². The van der Waals surface area contributed by atoms with Gasteiger partial charge in [0.2, 0.25) is 0 Å². The Hall–Kier alpha value is -1.75. The molecule has 2 heterocycles. The number of rotatable bonds is 3. The molecule has 0 saturated carbocycles. The zero-order valence-corrected chi connectivity index (χ0v) is 10.5. The number of hydrogen-bond donors (Lipinski definition) is 1. The minimum absolute atomic E-state index is 0.129. The second kappa shape index (κ2) is 5.05. The topological polar surface area (TPSA) is 50.8 Å². The third-order valence-electron chi connectivity index (χ3n) is 2.08. The molecule has 2 aromatic heterocycles. The molecule has 0 aliphatic rings. The lowest BCUT2D eigenvalue weighted by molar-refractivity contribution is 0.241. The summed E-state index contributed by atoms with van der Waals surface area (Å²) in [6.07, 6.45) is 5.30. The van der Waals surface area contributed by atoms with Gasteiger partial charge in [-0.2, -0.15) is 5.10 Å². The maximum absolute atomic E-state index is 5.59. The van der Waals surface area contributed by atoms with Gasteiger partial charge < -0.3 is 4.74 Å². The fourth-order valence-corrected chi connectivity index (χ4v) is 1.63. The SMILES string of the molecule is CC(C)Oc1cncc(-c2cn[nH]c(=S)c2)c1. The standard InChI is InChI=1S/C12H13N3OS/c1-8(2)16-11-3-9(5-13-7-11)10-4-12(17)15-14-6-10/h3-8H,1-2H3,(H,15,17). The Morgan fingerprint density at radius 1 is 1.18 bits per heavy atom. The van der Waals surface area contributed by atoms with Gasteiger partial charge in [0.15, 0.2) is 0 Å². The van der Waals surface area contributed by atoms with Gasteiger partial charge in [-0.1, -0.05) is 12.2 Å². The Bertz CT molecular complexity index is 565. The van der Waals surface area contributed by atoms with E-state index in [0.29, 0.717) is 4.64 Å². The van der Waals surface area contributed by atoms with Gasteiger partial charge in [-0.3, -0.25) is 10.1 Å². The highest BCUT2D eigenvalue weighted by Crippen LogP contribution is 2.22. The molecule has 0 saturated heterocycles. The molecule has 4 nitrogen and oxygen atoms in total. The Labute approximate surface area is 105 Å². The van der Waals surface area contributed by atoms with Crippen molar-refractivity contribution in [1.29, 1.82) is 0 Å². The summed E-state index contributed by atoms with van der Waals surface area (Å²) in [6, 6.07) is 3.78. The molecule has 2 rings (SSSR count). The predicted molar refractivity (Wildman–Crippen MR) is 68.4 cm³/mol. The van der Waals surface area contributed by atoms with Gasteiger partial charge in [0.1, 0.15) is 10.4 Å². The number of H-pyrrole nitrogens is 1. The Balaban J connectivity index is 2.36. The number of pyridine rings is 1. The number of aromatic amines is 1. The van der Waals surface area contributed by atoms with Crippen LogP contribution in [-0.4, -0.2) is 21.3 Å². The Kier molecular flexibility index (Phi) is 3.49. The van der Waals surface area contributed by atoms with Gasteiger partial charge in [0.05, 0.1) is 18.5 Å². The van der Waals surface area contributed by atoms with Crippen molar-refractivity contribution in [2.45, 2.75) is 20.0 Å². The smallest absolute Gasteiger partial charge is 0.138 e. The van der Waals surface area contributed by atoms with Crippen LogP contribution in [0.2, 0.25) is 0 Å². The summed E-state index contributed by atoms with van der Waals surface area (Å²) in [4.78, 5) is 4.15. The van der Waals surface area contributed by atoms with E-state index in [-0.39, 0.29) is 6.10 Å². The van der Waals surface area contributed by atoms with E-state index in [4.69, 9.17) is 17.0 Å². The zero-order valence-electron chi connectivity index (χ0n) is 9.68. The molecule has 0 bridgehead atoms. The molecule has 0 fully saturated rings. The lowest BCUT2D eigenvalue weighted by Crippen LogP contribution is -2.05. The summed E-state index contributed by atoms with van der Waals surface area (Å²) in [6.45, 7) is 3.96. The summed E-state index contributed by atoms with van der Waals surface area (Å²) >= 11 is 5.03. The third kappa shape index (κ3) is 3.10. The molecule has 5 heteroatoms. The van der Waals surface area contributed by atoms with Crippen LogP contribution in [0.5, 0.6) is 5.75 Å². The van der Waals surface area contributed by atoms with Gasteiger partial charge in [-0.15, -0.1) is 0 Å². The molecule has 2 aromatic rings. The van der Waals surface area contributed by atoms with Crippen LogP contribution in [0.3, 0.4) is 0 Å². The van der Waals surface area contributed by atoms with Gasteiger partial charge in [-0.25, -0.2) is 0 Å². The molecule has 1 N–H and O–H groups in total. The van der Waals surface area contributed by atoms with Crippen LogP contribution in [0.1, 0.15) is 13.8 Å². The monoisotopic (exact) mass is 247 g/mol. The maximum Gasteiger partial charge on any atom is 0.138 e. The second-order valence-electron chi connectivity index (χ2n) is 3.91. The molecule has 0 radical (unpaired) electrons. The Morgan fingerprint density at radius 3 is 2.65 bits per heavy atom. The van der Waals surface area contributed by atoms with Crippen LogP contribution in [0.4, 0.5) is 0 Å². The molecular weight excluding hydrogens is 234 g/mol. The zero-order chi connectivity index (χ0) is 12.3. The van der Waals surface area contributed by atoms with Crippen LogP contribution >= 0.6 is 12.2 Å². The van der Waals surface area contributed by atoms with Crippen molar-refractivity contribution in [3.63, 3.8) is 0 Å². The summed E-state index contributed by atoms with van der Waals surface area (Å²) < 4.78 is 6.18.